The van der Waals surface area contributed by atoms with Gasteiger partial charge in [0.05, 0.1) is 5.69 Å². The van der Waals surface area contributed by atoms with Crippen LogP contribution in [0.4, 0.5) is 5.95 Å². The Balaban J connectivity index is 2.20. The van der Waals surface area contributed by atoms with Crippen LogP contribution in [0.5, 0.6) is 11.9 Å². The van der Waals surface area contributed by atoms with Crippen molar-refractivity contribution in [2.75, 3.05) is 11.9 Å². The third kappa shape index (κ3) is 3.54. The predicted molar refractivity (Wildman–Crippen MR) is 71.6 cm³/mol. The molecule has 0 atom stereocenters. The minimum atomic E-state index is 0.0856. The molecule has 0 saturated heterocycles. The van der Waals surface area contributed by atoms with Crippen molar-refractivity contribution in [3.05, 3.63) is 17.0 Å². The lowest BCUT2D eigenvalue weighted by Gasteiger charge is -2.06. The second-order valence-corrected chi connectivity index (χ2v) is 4.33. The molecule has 2 aromatic heterocycles. The van der Waals surface area contributed by atoms with Gasteiger partial charge < -0.3 is 10.1 Å². The Morgan fingerprint density at radius 2 is 2.16 bits per heavy atom. The molecule has 8 heteroatoms. The number of aromatic nitrogens is 5. The van der Waals surface area contributed by atoms with Crippen LogP contribution in [0.3, 0.4) is 0 Å². The fraction of sp³-hybridized carbons (Fsp3) is 0.455. The molecule has 0 radical (unpaired) electrons. The van der Waals surface area contributed by atoms with Gasteiger partial charge in [0, 0.05) is 19.7 Å². The van der Waals surface area contributed by atoms with Crippen LogP contribution in [-0.2, 0) is 7.05 Å². The molecule has 0 aliphatic carbocycles. The molecule has 0 unspecified atom stereocenters. The van der Waals surface area contributed by atoms with Crippen LogP contribution < -0.4 is 10.1 Å². The smallest absolute Gasteiger partial charge is 0.329 e. The number of hydrogen-bond acceptors (Lipinski definition) is 6. The van der Waals surface area contributed by atoms with E-state index in [0.29, 0.717) is 11.8 Å². The highest BCUT2D eigenvalue weighted by Gasteiger charge is 2.10. The number of halogens is 1. The normalized spacial score (nSPS) is 10.5. The van der Waals surface area contributed by atoms with Crippen molar-refractivity contribution in [1.29, 1.82) is 0 Å². The molecule has 0 amide bonds. The minimum absolute atomic E-state index is 0.0856. The van der Waals surface area contributed by atoms with E-state index >= 15 is 0 Å². The van der Waals surface area contributed by atoms with E-state index < -0.39 is 0 Å². The van der Waals surface area contributed by atoms with Crippen molar-refractivity contribution in [1.82, 2.24) is 24.7 Å². The quantitative estimate of drug-likeness (QED) is 0.906. The lowest BCUT2D eigenvalue weighted by molar-refractivity contribution is 0.398. The highest BCUT2D eigenvalue weighted by atomic mass is 35.5. The highest BCUT2D eigenvalue weighted by molar-refractivity contribution is 6.28. The van der Waals surface area contributed by atoms with Gasteiger partial charge in [-0.3, -0.25) is 0 Å². The first-order valence-corrected chi connectivity index (χ1v) is 6.30. The van der Waals surface area contributed by atoms with Crippen LogP contribution in [0.25, 0.3) is 0 Å². The van der Waals surface area contributed by atoms with Gasteiger partial charge in [0.25, 0.3) is 0 Å². The molecule has 2 heterocycles. The molecule has 2 aromatic rings. The summed E-state index contributed by atoms with van der Waals surface area (Å²) in [7, 11) is 1.78. The fourth-order valence-corrected chi connectivity index (χ4v) is 1.62. The molecule has 0 spiro atoms. The average Bonchev–Trinajstić information content (AvgIpc) is 2.64. The first-order chi connectivity index (χ1) is 9.08. The van der Waals surface area contributed by atoms with E-state index in [1.807, 2.05) is 13.8 Å². The molecule has 0 aromatic carbocycles. The molecule has 0 aliphatic heterocycles. The second-order valence-electron chi connectivity index (χ2n) is 3.99. The molecule has 0 fully saturated rings. The summed E-state index contributed by atoms with van der Waals surface area (Å²) >= 11 is 5.84. The van der Waals surface area contributed by atoms with Gasteiger partial charge in [-0.05, 0) is 24.9 Å². The van der Waals surface area contributed by atoms with Crippen LogP contribution in [0.15, 0.2) is 6.07 Å². The maximum Gasteiger partial charge on any atom is 0.329 e. The van der Waals surface area contributed by atoms with E-state index in [1.165, 1.54) is 0 Å². The first-order valence-electron chi connectivity index (χ1n) is 5.92. The van der Waals surface area contributed by atoms with Gasteiger partial charge in [-0.15, -0.1) is 0 Å². The molecule has 1 N–H and O–H groups in total. The Morgan fingerprint density at radius 3 is 2.79 bits per heavy atom. The summed E-state index contributed by atoms with van der Waals surface area (Å²) in [5.41, 5.74) is 0.849. The number of aryl methyl sites for hydroxylation is 2. The summed E-state index contributed by atoms with van der Waals surface area (Å²) in [4.78, 5) is 12.0. The summed E-state index contributed by atoms with van der Waals surface area (Å²) in [5, 5.41) is 7.29. The lowest BCUT2D eigenvalue weighted by Crippen LogP contribution is -2.07. The first kappa shape index (κ1) is 13.5. The van der Waals surface area contributed by atoms with Crippen molar-refractivity contribution in [2.24, 2.45) is 7.05 Å². The molecule has 2 rings (SSSR count). The number of rotatable bonds is 5. The van der Waals surface area contributed by atoms with E-state index in [0.717, 1.165) is 18.7 Å². The second kappa shape index (κ2) is 5.83. The Morgan fingerprint density at radius 1 is 1.37 bits per heavy atom. The third-order valence-corrected chi connectivity index (χ3v) is 2.44. The number of hydrogen-bond donors (Lipinski definition) is 1. The summed E-state index contributed by atoms with van der Waals surface area (Å²) in [5.74, 6) is 0.942. The molecule has 7 nitrogen and oxygen atoms in total. The van der Waals surface area contributed by atoms with Gasteiger partial charge in [-0.25, -0.2) is 4.68 Å². The molecule has 19 heavy (non-hydrogen) atoms. The van der Waals surface area contributed by atoms with Crippen molar-refractivity contribution < 1.29 is 4.74 Å². The van der Waals surface area contributed by atoms with Crippen LogP contribution in [0, 0.1) is 6.92 Å². The number of anilines is 1. The zero-order valence-electron chi connectivity index (χ0n) is 11.0. The largest absolute Gasteiger partial charge is 0.405 e. The average molecular weight is 283 g/mol. The highest BCUT2D eigenvalue weighted by Crippen LogP contribution is 2.20. The van der Waals surface area contributed by atoms with E-state index in [9.17, 15) is 0 Å². The molecule has 0 saturated carbocycles. The summed E-state index contributed by atoms with van der Waals surface area (Å²) in [6.07, 6.45) is 0.959. The fourth-order valence-electron chi connectivity index (χ4n) is 1.47. The van der Waals surface area contributed by atoms with Gasteiger partial charge in [-0.2, -0.15) is 20.1 Å². The summed E-state index contributed by atoms with van der Waals surface area (Å²) in [6, 6.07) is 1.93. The maximum atomic E-state index is 5.84. The third-order valence-electron chi connectivity index (χ3n) is 2.28. The van der Waals surface area contributed by atoms with Crippen molar-refractivity contribution in [2.45, 2.75) is 20.3 Å². The number of nitrogens with zero attached hydrogens (tertiary/aromatic N) is 5. The monoisotopic (exact) mass is 282 g/mol. The van der Waals surface area contributed by atoms with Gasteiger partial charge in [-0.1, -0.05) is 6.92 Å². The zero-order valence-corrected chi connectivity index (χ0v) is 11.8. The Labute approximate surface area is 116 Å². The van der Waals surface area contributed by atoms with E-state index in [4.69, 9.17) is 16.3 Å². The SMILES string of the molecule is CCCNc1nc(Cl)nc(Oc2cc(C)nn2C)n1. The molecule has 0 bridgehead atoms. The lowest BCUT2D eigenvalue weighted by atomic mass is 10.5. The minimum Gasteiger partial charge on any atom is -0.405 e. The van der Waals surface area contributed by atoms with Crippen molar-refractivity contribution >= 4 is 17.5 Å². The standard InChI is InChI=1S/C11H15ClN6O/c1-4-5-13-10-14-9(12)15-11(16-10)19-8-6-7(2)17-18(8)3/h6H,4-5H2,1-3H3,(H,13,14,15,16). The molecular weight excluding hydrogens is 268 g/mol. The van der Waals surface area contributed by atoms with Gasteiger partial charge >= 0.3 is 6.01 Å². The van der Waals surface area contributed by atoms with Crippen LogP contribution in [0.2, 0.25) is 5.28 Å². The van der Waals surface area contributed by atoms with Gasteiger partial charge in [0.1, 0.15) is 0 Å². The molecular formula is C11H15ClN6O. The molecule has 0 aliphatic rings. The summed E-state index contributed by atoms with van der Waals surface area (Å²) < 4.78 is 7.15. The Kier molecular flexibility index (Phi) is 4.16. The number of nitrogens with one attached hydrogen (secondary N) is 1. The molecule has 102 valence electrons. The van der Waals surface area contributed by atoms with E-state index in [-0.39, 0.29) is 11.3 Å². The van der Waals surface area contributed by atoms with Crippen molar-refractivity contribution in [3.63, 3.8) is 0 Å². The summed E-state index contributed by atoms with van der Waals surface area (Å²) in [6.45, 7) is 4.68. The van der Waals surface area contributed by atoms with E-state index in [2.05, 4.69) is 25.4 Å². The van der Waals surface area contributed by atoms with Crippen LogP contribution in [-0.4, -0.2) is 31.3 Å². The van der Waals surface area contributed by atoms with Crippen LogP contribution in [0.1, 0.15) is 19.0 Å². The van der Waals surface area contributed by atoms with Crippen molar-refractivity contribution in [3.8, 4) is 11.9 Å². The number of ether oxygens (including phenoxy) is 1. The van der Waals surface area contributed by atoms with E-state index in [1.54, 1.807) is 17.8 Å². The van der Waals surface area contributed by atoms with Gasteiger partial charge in [0.2, 0.25) is 17.1 Å². The Bertz CT molecular complexity index is 570. The van der Waals surface area contributed by atoms with Gasteiger partial charge in [0.15, 0.2) is 0 Å². The predicted octanol–water partition coefficient (Wildman–Crippen LogP) is 2.18. The Hall–Kier alpha value is -1.89. The maximum absolute atomic E-state index is 5.84. The van der Waals surface area contributed by atoms with Crippen LogP contribution >= 0.6 is 11.6 Å². The topological polar surface area (TPSA) is 77.8 Å². The zero-order chi connectivity index (χ0) is 13.8.